The van der Waals surface area contributed by atoms with Gasteiger partial charge in [0.1, 0.15) is 0 Å². The standard InChI is InChI=1S/C17H26ClN3O2/c1-14(22)21(11-8-15-4-6-16(18)7-5-15)12-9-17(23)19-10-13-20(2)3/h4-7H,8-13H2,1-3H3,(H,19,23). The smallest absolute Gasteiger partial charge is 0.221 e. The van der Waals surface area contributed by atoms with Gasteiger partial charge in [-0.15, -0.1) is 0 Å². The molecule has 0 aliphatic carbocycles. The highest BCUT2D eigenvalue weighted by Gasteiger charge is 2.11. The second kappa shape index (κ2) is 10.2. The van der Waals surface area contributed by atoms with Crippen LogP contribution in [0.5, 0.6) is 0 Å². The first-order valence-corrected chi connectivity index (χ1v) is 8.17. The van der Waals surface area contributed by atoms with Crippen molar-refractivity contribution < 1.29 is 9.59 Å². The molecule has 0 aliphatic rings. The van der Waals surface area contributed by atoms with Crippen LogP contribution >= 0.6 is 11.6 Å². The predicted octanol–water partition coefficient (Wildman–Crippen LogP) is 1.80. The summed E-state index contributed by atoms with van der Waals surface area (Å²) in [6.45, 7) is 4.00. The largest absolute Gasteiger partial charge is 0.355 e. The number of nitrogens with zero attached hydrogens (tertiary/aromatic N) is 2. The molecule has 5 nitrogen and oxygen atoms in total. The summed E-state index contributed by atoms with van der Waals surface area (Å²) < 4.78 is 0. The van der Waals surface area contributed by atoms with Crippen LogP contribution in [-0.2, 0) is 16.0 Å². The molecule has 0 heterocycles. The third-order valence-corrected chi connectivity index (χ3v) is 3.77. The van der Waals surface area contributed by atoms with Gasteiger partial charge in [-0.25, -0.2) is 0 Å². The quantitative estimate of drug-likeness (QED) is 0.746. The Morgan fingerprint density at radius 1 is 1.09 bits per heavy atom. The zero-order valence-corrected chi connectivity index (χ0v) is 14.9. The molecule has 128 valence electrons. The summed E-state index contributed by atoms with van der Waals surface area (Å²) in [4.78, 5) is 27.2. The number of rotatable bonds is 9. The number of hydrogen-bond acceptors (Lipinski definition) is 3. The lowest BCUT2D eigenvalue weighted by atomic mass is 10.1. The number of likely N-dealkylation sites (N-methyl/N-ethyl adjacent to an activating group) is 1. The summed E-state index contributed by atoms with van der Waals surface area (Å²) in [5, 5.41) is 3.56. The molecule has 0 aromatic heterocycles. The van der Waals surface area contributed by atoms with Gasteiger partial charge in [-0.05, 0) is 38.2 Å². The summed E-state index contributed by atoms with van der Waals surface area (Å²) >= 11 is 5.86. The van der Waals surface area contributed by atoms with Crippen molar-refractivity contribution in [1.29, 1.82) is 0 Å². The molecule has 23 heavy (non-hydrogen) atoms. The molecule has 1 aromatic carbocycles. The van der Waals surface area contributed by atoms with E-state index in [-0.39, 0.29) is 11.8 Å². The highest BCUT2D eigenvalue weighted by Crippen LogP contribution is 2.10. The molecule has 0 aliphatic heterocycles. The SMILES string of the molecule is CC(=O)N(CCC(=O)NCCN(C)C)CCc1ccc(Cl)cc1. The summed E-state index contributed by atoms with van der Waals surface area (Å²) in [6, 6.07) is 7.59. The maximum absolute atomic E-state index is 11.8. The minimum atomic E-state index is -0.0235. The third kappa shape index (κ3) is 8.57. The van der Waals surface area contributed by atoms with Crippen LogP contribution in [0.25, 0.3) is 0 Å². The number of carbonyl (C=O) groups excluding carboxylic acids is 2. The van der Waals surface area contributed by atoms with Gasteiger partial charge in [-0.2, -0.15) is 0 Å². The first-order chi connectivity index (χ1) is 10.9. The first kappa shape index (κ1) is 19.5. The molecule has 1 N–H and O–H groups in total. The topological polar surface area (TPSA) is 52.7 Å². The highest BCUT2D eigenvalue weighted by atomic mass is 35.5. The average molecular weight is 340 g/mol. The summed E-state index contributed by atoms with van der Waals surface area (Å²) in [7, 11) is 3.92. The number of halogens is 1. The molecule has 6 heteroatoms. The van der Waals surface area contributed by atoms with Gasteiger partial charge < -0.3 is 15.1 Å². The van der Waals surface area contributed by atoms with E-state index in [0.29, 0.717) is 31.1 Å². The Morgan fingerprint density at radius 3 is 2.30 bits per heavy atom. The predicted molar refractivity (Wildman–Crippen MR) is 93.6 cm³/mol. The van der Waals surface area contributed by atoms with E-state index in [1.165, 1.54) is 6.92 Å². The lowest BCUT2D eigenvalue weighted by Gasteiger charge is -2.21. The van der Waals surface area contributed by atoms with Gasteiger partial charge in [0.2, 0.25) is 11.8 Å². The maximum atomic E-state index is 11.8. The second-order valence-electron chi connectivity index (χ2n) is 5.79. The summed E-state index contributed by atoms with van der Waals surface area (Å²) in [5.41, 5.74) is 1.12. The maximum Gasteiger partial charge on any atom is 0.221 e. The lowest BCUT2D eigenvalue weighted by Crippen LogP contribution is -2.36. The molecular formula is C17H26ClN3O2. The molecule has 0 fully saturated rings. The fourth-order valence-corrected chi connectivity index (χ4v) is 2.21. The van der Waals surface area contributed by atoms with Crippen molar-refractivity contribution in [2.24, 2.45) is 0 Å². The van der Waals surface area contributed by atoms with Crippen LogP contribution < -0.4 is 5.32 Å². The van der Waals surface area contributed by atoms with E-state index in [1.807, 2.05) is 43.3 Å². The van der Waals surface area contributed by atoms with E-state index in [2.05, 4.69) is 5.32 Å². The Balaban J connectivity index is 2.35. The van der Waals surface area contributed by atoms with Crippen LogP contribution in [0.15, 0.2) is 24.3 Å². The molecule has 2 amide bonds. The molecule has 1 rings (SSSR count). The first-order valence-electron chi connectivity index (χ1n) is 7.80. The molecule has 0 saturated carbocycles. The number of carbonyl (C=O) groups is 2. The van der Waals surface area contributed by atoms with Gasteiger partial charge >= 0.3 is 0 Å². The Hall–Kier alpha value is -1.59. The molecule has 0 spiro atoms. The normalized spacial score (nSPS) is 10.7. The number of benzene rings is 1. The summed E-state index contributed by atoms with van der Waals surface area (Å²) in [5.74, 6) is -0.0374. The van der Waals surface area contributed by atoms with Crippen LogP contribution in [-0.4, -0.2) is 61.9 Å². The fourth-order valence-electron chi connectivity index (χ4n) is 2.09. The molecule has 0 unspecified atom stereocenters. The molecule has 0 atom stereocenters. The van der Waals surface area contributed by atoms with E-state index in [1.54, 1.807) is 4.90 Å². The Labute approximate surface area is 143 Å². The monoisotopic (exact) mass is 339 g/mol. The van der Waals surface area contributed by atoms with Crippen molar-refractivity contribution in [1.82, 2.24) is 15.1 Å². The fraction of sp³-hybridized carbons (Fsp3) is 0.529. The second-order valence-corrected chi connectivity index (χ2v) is 6.22. The minimum absolute atomic E-state index is 0.0138. The van der Waals surface area contributed by atoms with Crippen molar-refractivity contribution in [3.8, 4) is 0 Å². The van der Waals surface area contributed by atoms with Crippen molar-refractivity contribution in [2.45, 2.75) is 19.8 Å². The van der Waals surface area contributed by atoms with Crippen LogP contribution in [0.4, 0.5) is 0 Å². The van der Waals surface area contributed by atoms with Crippen LogP contribution in [0.3, 0.4) is 0 Å². The van der Waals surface area contributed by atoms with Gasteiger partial charge in [0, 0.05) is 44.5 Å². The Kier molecular flexibility index (Phi) is 8.66. The molecule has 0 bridgehead atoms. The third-order valence-electron chi connectivity index (χ3n) is 3.52. The van der Waals surface area contributed by atoms with Crippen LogP contribution in [0.1, 0.15) is 18.9 Å². The van der Waals surface area contributed by atoms with Crippen molar-refractivity contribution in [2.75, 3.05) is 40.3 Å². The molecule has 0 radical (unpaired) electrons. The summed E-state index contributed by atoms with van der Waals surface area (Å²) in [6.07, 6.45) is 1.08. The Bertz CT molecular complexity index is 503. The van der Waals surface area contributed by atoms with Gasteiger partial charge in [0.25, 0.3) is 0 Å². The average Bonchev–Trinajstić information content (AvgIpc) is 2.48. The lowest BCUT2D eigenvalue weighted by molar-refractivity contribution is -0.129. The van der Waals surface area contributed by atoms with E-state index < -0.39 is 0 Å². The van der Waals surface area contributed by atoms with Crippen molar-refractivity contribution >= 4 is 23.4 Å². The number of hydrogen-bond donors (Lipinski definition) is 1. The van der Waals surface area contributed by atoms with Gasteiger partial charge in [-0.3, -0.25) is 9.59 Å². The minimum Gasteiger partial charge on any atom is -0.355 e. The highest BCUT2D eigenvalue weighted by molar-refractivity contribution is 6.30. The van der Waals surface area contributed by atoms with Crippen molar-refractivity contribution in [3.63, 3.8) is 0 Å². The molecule has 1 aromatic rings. The van der Waals surface area contributed by atoms with E-state index in [9.17, 15) is 9.59 Å². The van der Waals surface area contributed by atoms with Crippen LogP contribution in [0, 0.1) is 0 Å². The van der Waals surface area contributed by atoms with Gasteiger partial charge in [-0.1, -0.05) is 23.7 Å². The van der Waals surface area contributed by atoms with Crippen LogP contribution in [0.2, 0.25) is 5.02 Å². The molecular weight excluding hydrogens is 314 g/mol. The van der Waals surface area contributed by atoms with E-state index in [0.717, 1.165) is 18.5 Å². The number of nitrogens with one attached hydrogen (secondary N) is 1. The van der Waals surface area contributed by atoms with Crippen molar-refractivity contribution in [3.05, 3.63) is 34.9 Å². The molecule has 0 saturated heterocycles. The van der Waals surface area contributed by atoms with Gasteiger partial charge in [0.15, 0.2) is 0 Å². The Morgan fingerprint density at radius 2 is 1.74 bits per heavy atom. The number of amides is 2. The van der Waals surface area contributed by atoms with E-state index in [4.69, 9.17) is 11.6 Å². The zero-order chi connectivity index (χ0) is 17.2. The van der Waals surface area contributed by atoms with Gasteiger partial charge in [0.05, 0.1) is 0 Å². The zero-order valence-electron chi connectivity index (χ0n) is 14.1. The van der Waals surface area contributed by atoms with E-state index >= 15 is 0 Å².